The quantitative estimate of drug-likeness (QED) is 0.414. The van der Waals surface area contributed by atoms with Crippen LogP contribution in [0.4, 0.5) is 5.69 Å². The maximum absolute atomic E-state index is 11.0. The van der Waals surface area contributed by atoms with E-state index < -0.39 is 12.0 Å². The number of nitrogens with zero attached hydrogens (tertiary/aromatic N) is 1. The lowest BCUT2D eigenvalue weighted by Crippen LogP contribution is -2.32. The number of hydrogen-bond donors (Lipinski definition) is 4. The van der Waals surface area contributed by atoms with Gasteiger partial charge in [0.1, 0.15) is 11.6 Å². The monoisotopic (exact) mass is 330 g/mol. The summed E-state index contributed by atoms with van der Waals surface area (Å²) in [6, 6.07) is 5.91. The van der Waals surface area contributed by atoms with Crippen LogP contribution in [0.25, 0.3) is 11.0 Å². The van der Waals surface area contributed by atoms with Crippen LogP contribution in [0.2, 0.25) is 0 Å². The van der Waals surface area contributed by atoms with E-state index >= 15 is 0 Å². The van der Waals surface area contributed by atoms with Crippen molar-refractivity contribution in [1.82, 2.24) is 9.97 Å². The molecular weight excluding hydrogens is 312 g/mol. The van der Waals surface area contributed by atoms with Gasteiger partial charge in [-0.15, -0.1) is 0 Å². The van der Waals surface area contributed by atoms with Gasteiger partial charge in [-0.25, -0.2) is 9.78 Å². The molecule has 0 aliphatic carbocycles. The second-order valence-corrected chi connectivity index (χ2v) is 5.23. The Morgan fingerprint density at radius 2 is 2.17 bits per heavy atom. The van der Waals surface area contributed by atoms with E-state index in [1.54, 1.807) is 18.3 Å². The average Bonchev–Trinajstić information content (AvgIpc) is 3.00. The van der Waals surface area contributed by atoms with E-state index in [0.29, 0.717) is 11.3 Å². The fourth-order valence-corrected chi connectivity index (χ4v) is 2.06. The summed E-state index contributed by atoms with van der Waals surface area (Å²) in [5.41, 5.74) is 13.3. The summed E-state index contributed by atoms with van der Waals surface area (Å²) in [5, 5.41) is 9.35. The van der Waals surface area contributed by atoms with Gasteiger partial charge < -0.3 is 26.0 Å². The van der Waals surface area contributed by atoms with Crippen molar-refractivity contribution < 1.29 is 14.3 Å². The molecule has 2 heterocycles. The maximum atomic E-state index is 11.0. The predicted octanol–water partition coefficient (Wildman–Crippen LogP) is 1.05. The molecule has 8 heteroatoms. The van der Waals surface area contributed by atoms with Crippen molar-refractivity contribution in [3.8, 4) is 0 Å². The van der Waals surface area contributed by atoms with Gasteiger partial charge in [0.25, 0.3) is 0 Å². The van der Waals surface area contributed by atoms with Crippen molar-refractivity contribution in [2.24, 2.45) is 5.73 Å². The van der Waals surface area contributed by atoms with Crippen LogP contribution in [-0.2, 0) is 11.2 Å². The Labute approximate surface area is 137 Å². The maximum Gasteiger partial charge on any atom is 0.336 e. The molecule has 1 aromatic carbocycles. The molecule has 0 spiro atoms. The summed E-state index contributed by atoms with van der Waals surface area (Å²) in [6.45, 7) is 1.87. The summed E-state index contributed by atoms with van der Waals surface area (Å²) in [6.07, 6.45) is 3.34. The lowest BCUT2D eigenvalue weighted by Gasteiger charge is -2.02. The number of anilines is 1. The van der Waals surface area contributed by atoms with Gasteiger partial charge in [-0.3, -0.25) is 4.79 Å². The topological polar surface area (TPSA) is 148 Å². The van der Waals surface area contributed by atoms with Gasteiger partial charge in [-0.05, 0) is 24.6 Å². The first kappa shape index (κ1) is 17.2. The molecule has 3 rings (SSSR count). The van der Waals surface area contributed by atoms with Crippen molar-refractivity contribution in [2.75, 3.05) is 5.73 Å². The van der Waals surface area contributed by atoms with Crippen molar-refractivity contribution >= 4 is 22.6 Å². The van der Waals surface area contributed by atoms with Gasteiger partial charge in [0.15, 0.2) is 0 Å². The second kappa shape index (κ2) is 7.42. The zero-order chi connectivity index (χ0) is 17.7. The molecule has 0 saturated heterocycles. The highest BCUT2D eigenvalue weighted by Gasteiger charge is 2.12. The number of benzene rings is 1. The highest BCUT2D eigenvalue weighted by atomic mass is 16.4. The Morgan fingerprint density at radius 1 is 1.42 bits per heavy atom. The van der Waals surface area contributed by atoms with Crippen LogP contribution >= 0.6 is 0 Å². The normalized spacial score (nSPS) is 11.6. The van der Waals surface area contributed by atoms with Crippen LogP contribution in [0, 0.1) is 6.92 Å². The van der Waals surface area contributed by atoms with Crippen LogP contribution in [0.5, 0.6) is 0 Å². The number of aryl methyl sites for hydroxylation is 1. The molecule has 0 radical (unpaired) electrons. The molecule has 126 valence electrons. The number of aromatic nitrogens is 2. The smallest absolute Gasteiger partial charge is 0.336 e. The van der Waals surface area contributed by atoms with E-state index in [2.05, 4.69) is 9.97 Å². The number of H-pyrrole nitrogens is 1. The number of nitrogen functional groups attached to an aromatic ring is 1. The molecule has 0 amide bonds. The molecule has 8 nitrogen and oxygen atoms in total. The summed E-state index contributed by atoms with van der Waals surface area (Å²) in [4.78, 5) is 27.8. The molecule has 1 unspecified atom stereocenters. The lowest BCUT2D eigenvalue weighted by atomic mass is 10.1. The van der Waals surface area contributed by atoms with Crippen molar-refractivity contribution in [3.63, 3.8) is 0 Å². The zero-order valence-corrected chi connectivity index (χ0v) is 13.0. The minimum Gasteiger partial charge on any atom is -0.480 e. The highest BCUT2D eigenvalue weighted by molar-refractivity contribution is 5.82. The number of imidazole rings is 1. The van der Waals surface area contributed by atoms with Gasteiger partial charge >= 0.3 is 11.6 Å². The minimum atomic E-state index is -1.00. The first-order chi connectivity index (χ1) is 11.4. The number of rotatable bonds is 3. The van der Waals surface area contributed by atoms with E-state index in [1.807, 2.05) is 13.0 Å². The summed E-state index contributed by atoms with van der Waals surface area (Å²) in [7, 11) is 0. The predicted molar refractivity (Wildman–Crippen MR) is 89.5 cm³/mol. The van der Waals surface area contributed by atoms with Crippen LogP contribution in [0.3, 0.4) is 0 Å². The van der Waals surface area contributed by atoms with Gasteiger partial charge in [-0.2, -0.15) is 0 Å². The molecule has 0 aliphatic heterocycles. The molecule has 6 N–H and O–H groups in total. The fourth-order valence-electron chi connectivity index (χ4n) is 2.06. The summed E-state index contributed by atoms with van der Waals surface area (Å²) in [5.74, 6) is -1.00. The molecule has 0 fully saturated rings. The SMILES string of the molecule is Cc1cc(=O)oc2cc(N)ccc12.NC(Cc1cnc[nH]1)C(=O)O. The molecule has 0 aliphatic rings. The third-order valence-corrected chi connectivity index (χ3v) is 3.29. The molecule has 3 aromatic rings. The van der Waals surface area contributed by atoms with E-state index in [0.717, 1.165) is 16.6 Å². The Morgan fingerprint density at radius 3 is 2.79 bits per heavy atom. The Hall–Kier alpha value is -3.13. The number of carboxylic acid groups (broad SMARTS) is 1. The van der Waals surface area contributed by atoms with Gasteiger partial charge in [0, 0.05) is 41.5 Å². The average molecular weight is 330 g/mol. The third kappa shape index (κ3) is 4.43. The Bertz CT molecular complexity index is 887. The number of carboxylic acids is 1. The standard InChI is InChI=1S/C10H9NO2.C6H9N3O2/c1-6-4-10(12)13-9-5-7(11)2-3-8(6)9;7-5(6(10)11)1-4-2-8-3-9-4/h2-5H,11H2,1H3;2-3,5H,1,7H2,(H,8,9)(H,10,11). The highest BCUT2D eigenvalue weighted by Crippen LogP contribution is 2.18. The first-order valence-corrected chi connectivity index (χ1v) is 7.12. The molecule has 0 bridgehead atoms. The molecule has 1 atom stereocenters. The Kier molecular flexibility index (Phi) is 5.33. The van der Waals surface area contributed by atoms with E-state index in [1.165, 1.54) is 12.4 Å². The number of carbonyl (C=O) groups is 1. The van der Waals surface area contributed by atoms with Gasteiger partial charge in [0.2, 0.25) is 0 Å². The largest absolute Gasteiger partial charge is 0.480 e. The van der Waals surface area contributed by atoms with Crippen LogP contribution in [0.1, 0.15) is 11.3 Å². The van der Waals surface area contributed by atoms with Crippen molar-refractivity contribution in [3.05, 3.63) is 58.5 Å². The molecule has 24 heavy (non-hydrogen) atoms. The molecule has 0 saturated carbocycles. The number of nitrogens with one attached hydrogen (secondary N) is 1. The summed E-state index contributed by atoms with van der Waals surface area (Å²) < 4.78 is 4.99. The van der Waals surface area contributed by atoms with Gasteiger partial charge in [-0.1, -0.05) is 0 Å². The zero-order valence-electron chi connectivity index (χ0n) is 13.0. The number of aliphatic carboxylic acids is 1. The van der Waals surface area contributed by atoms with Crippen LogP contribution in [-0.4, -0.2) is 27.1 Å². The minimum absolute atomic E-state index is 0.287. The van der Waals surface area contributed by atoms with Crippen LogP contribution in [0.15, 0.2) is 46.0 Å². The lowest BCUT2D eigenvalue weighted by molar-refractivity contribution is -0.138. The number of hydrogen-bond acceptors (Lipinski definition) is 6. The third-order valence-electron chi connectivity index (χ3n) is 3.29. The van der Waals surface area contributed by atoms with E-state index in [9.17, 15) is 9.59 Å². The fraction of sp³-hybridized carbons (Fsp3) is 0.188. The molecule has 2 aromatic heterocycles. The summed E-state index contributed by atoms with van der Waals surface area (Å²) >= 11 is 0. The first-order valence-electron chi connectivity index (χ1n) is 7.12. The number of fused-ring (bicyclic) bond motifs is 1. The Balaban J connectivity index is 0.000000177. The van der Waals surface area contributed by atoms with Crippen LogP contribution < -0.4 is 17.1 Å². The second-order valence-electron chi connectivity index (χ2n) is 5.23. The van der Waals surface area contributed by atoms with Crippen molar-refractivity contribution in [2.45, 2.75) is 19.4 Å². The van der Waals surface area contributed by atoms with E-state index in [4.69, 9.17) is 21.0 Å². The van der Waals surface area contributed by atoms with Gasteiger partial charge in [0.05, 0.1) is 6.33 Å². The number of aromatic amines is 1. The number of nitrogens with two attached hydrogens (primary N) is 2. The van der Waals surface area contributed by atoms with Crippen molar-refractivity contribution in [1.29, 1.82) is 0 Å². The van der Waals surface area contributed by atoms with E-state index in [-0.39, 0.29) is 12.0 Å². The molecular formula is C16H18N4O4.